The molecule has 2 aromatic carbocycles. The Labute approximate surface area is 385 Å². The van der Waals surface area contributed by atoms with E-state index in [0.29, 0.717) is 61.4 Å². The Morgan fingerprint density at radius 3 is 1.55 bits per heavy atom. The molecule has 10 atom stereocenters. The van der Waals surface area contributed by atoms with E-state index in [1.165, 1.54) is 6.08 Å². The molecule has 2 aliphatic rings. The van der Waals surface area contributed by atoms with Gasteiger partial charge in [-0.25, -0.2) is 9.59 Å². The van der Waals surface area contributed by atoms with Crippen LogP contribution in [0, 0.1) is 25.7 Å². The maximum atomic E-state index is 12.7. The molecule has 6 N–H and O–H groups in total. The number of rotatable bonds is 12. The van der Waals surface area contributed by atoms with Gasteiger partial charge in [0, 0.05) is 23.0 Å². The van der Waals surface area contributed by atoms with Crippen LogP contribution < -0.4 is 25.5 Å². The van der Waals surface area contributed by atoms with Gasteiger partial charge in [-0.1, -0.05) is 71.9 Å². The standard InChI is InChI=1S/C25H30O7.C16H16O4.C9H16O4.CH4/c1-8-12-29-22-16-10-11-17(14(5)21(16)31-23(28)18(22)13(3)4)30-24-20(27)19(26)15(6)25(7,9-2)32-24;1-5-8-19-15-11-6-7-12(17)10(4)14(11)20-16(18)13(15)9(2)3;1-4-9(3)5(2)6(10)7(11)8(12)13-9;/h8-11,15,19-20,24,26-27H,1-3,12H2,4-7H3;5-7,17H,1-2,8H2,3-4H3;4-8,10-12H,1H2,2-3H3;1H4/t15-,19-,20-,24?,25+;;5-,6-,7-,8?,9+;/m1.1./s1. The molecule has 2 fully saturated rings. The predicted octanol–water partition coefficient (Wildman–Crippen LogP) is 7.42. The monoisotopic (exact) mass is 918 g/mol. The van der Waals surface area contributed by atoms with E-state index < -0.39 is 65.4 Å². The fraction of sp³-hybridized carbons (Fsp3) is 0.412. The average molecular weight is 919 g/mol. The number of allylic oxidation sites excluding steroid dienone is 2. The van der Waals surface area contributed by atoms with Crippen molar-refractivity contribution in [1.29, 1.82) is 0 Å². The fourth-order valence-electron chi connectivity index (χ4n) is 7.32. The summed E-state index contributed by atoms with van der Waals surface area (Å²) in [5, 5.41) is 60.0. The van der Waals surface area contributed by atoms with Crippen molar-refractivity contribution in [2.24, 2.45) is 11.8 Å². The highest BCUT2D eigenvalue weighted by molar-refractivity contribution is 5.92. The first kappa shape index (κ1) is 54.6. The Bertz CT molecular complexity index is 2570. The second kappa shape index (κ2) is 22.1. The van der Waals surface area contributed by atoms with Crippen LogP contribution >= 0.6 is 0 Å². The van der Waals surface area contributed by atoms with E-state index in [1.807, 2.05) is 0 Å². The minimum atomic E-state index is -1.35. The zero-order valence-corrected chi connectivity index (χ0v) is 38.3. The Kier molecular flexibility index (Phi) is 18.3. The van der Waals surface area contributed by atoms with Gasteiger partial charge in [0.2, 0.25) is 6.29 Å². The van der Waals surface area contributed by atoms with Gasteiger partial charge in [-0.3, -0.25) is 0 Å². The van der Waals surface area contributed by atoms with Gasteiger partial charge in [-0.05, 0) is 77.0 Å². The molecular weight excluding hydrogens is 853 g/mol. The van der Waals surface area contributed by atoms with Crippen LogP contribution in [0.25, 0.3) is 33.1 Å². The summed E-state index contributed by atoms with van der Waals surface area (Å²) in [5.74, 6) is 0.468. The summed E-state index contributed by atoms with van der Waals surface area (Å²) in [7, 11) is 0. The summed E-state index contributed by atoms with van der Waals surface area (Å²) in [6, 6.07) is 6.57. The van der Waals surface area contributed by atoms with Crippen LogP contribution in [-0.2, 0) is 9.47 Å². The third-order valence-electron chi connectivity index (χ3n) is 11.9. The molecule has 15 nitrogen and oxygen atoms in total. The minimum Gasteiger partial charge on any atom is -0.508 e. The van der Waals surface area contributed by atoms with Crippen molar-refractivity contribution >= 4 is 33.1 Å². The molecule has 4 aromatic rings. The first-order valence-electron chi connectivity index (χ1n) is 20.8. The highest BCUT2D eigenvalue weighted by Gasteiger charge is 2.49. The van der Waals surface area contributed by atoms with E-state index in [1.54, 1.807) is 97.9 Å². The van der Waals surface area contributed by atoms with Crippen LogP contribution in [0.1, 0.15) is 71.2 Å². The molecular formula is C51H66O15. The van der Waals surface area contributed by atoms with Gasteiger partial charge < -0.3 is 63.2 Å². The Morgan fingerprint density at radius 1 is 0.682 bits per heavy atom. The number of aliphatic hydroxyl groups excluding tert-OH is 5. The van der Waals surface area contributed by atoms with E-state index in [0.717, 1.165) is 0 Å². The normalized spacial score (nSPS) is 26.8. The molecule has 2 unspecified atom stereocenters. The fourth-order valence-corrected chi connectivity index (χ4v) is 7.32. The Hall–Kier alpha value is -5.78. The van der Waals surface area contributed by atoms with Crippen LogP contribution in [0.15, 0.2) is 106 Å². The van der Waals surface area contributed by atoms with Crippen LogP contribution in [0.3, 0.4) is 0 Å². The molecule has 0 aliphatic carbocycles. The summed E-state index contributed by atoms with van der Waals surface area (Å²) < 4.78 is 39.3. The van der Waals surface area contributed by atoms with E-state index in [4.69, 9.17) is 32.5 Å². The number of hydrogen-bond donors (Lipinski definition) is 6. The quantitative estimate of drug-likeness (QED) is 0.0601. The van der Waals surface area contributed by atoms with Crippen LogP contribution in [0.4, 0.5) is 0 Å². The van der Waals surface area contributed by atoms with E-state index in [9.17, 15) is 40.2 Å². The Morgan fingerprint density at radius 2 is 1.11 bits per heavy atom. The van der Waals surface area contributed by atoms with Crippen LogP contribution in [0.5, 0.6) is 23.0 Å². The van der Waals surface area contributed by atoms with E-state index in [2.05, 4.69) is 39.5 Å². The lowest BCUT2D eigenvalue weighted by Gasteiger charge is -2.46. The predicted molar refractivity (Wildman–Crippen MR) is 256 cm³/mol. The number of phenolic OH excluding ortho intramolecular Hbond substituents is 1. The molecule has 15 heteroatoms. The molecule has 4 heterocycles. The largest absolute Gasteiger partial charge is 0.508 e. The SMILES string of the molecule is C.C=CCOc1c(C(=C)C)c(=O)oc2c(C)c(O)ccc12.C=CCOc1c(C(=C)C)c(=O)oc2c(C)c(OC3O[C@@](C)(C=C)[C@H](C)[C@@H](O)[C@H]3O)ccc12.C=C[C@]1(C)OC(O)[C@H](O)[C@H](O)[C@H]1C. The van der Waals surface area contributed by atoms with Gasteiger partial charge in [-0.2, -0.15) is 0 Å². The van der Waals surface area contributed by atoms with Gasteiger partial charge >= 0.3 is 11.3 Å². The number of aromatic hydroxyl groups is 1. The second-order valence-corrected chi connectivity index (χ2v) is 16.5. The smallest absolute Gasteiger partial charge is 0.347 e. The topological polar surface area (TPSA) is 228 Å². The third-order valence-corrected chi connectivity index (χ3v) is 11.9. The molecule has 66 heavy (non-hydrogen) atoms. The number of phenols is 1. The minimum absolute atomic E-state index is 0. The van der Waals surface area contributed by atoms with Gasteiger partial charge in [-0.15, -0.1) is 13.2 Å². The van der Waals surface area contributed by atoms with E-state index >= 15 is 0 Å². The molecule has 2 aromatic heterocycles. The van der Waals surface area contributed by atoms with Crippen LogP contribution in [-0.4, -0.2) is 92.1 Å². The van der Waals surface area contributed by atoms with Crippen molar-refractivity contribution in [2.75, 3.05) is 13.2 Å². The maximum Gasteiger partial charge on any atom is 0.347 e. The zero-order chi connectivity index (χ0) is 48.9. The number of hydrogen-bond acceptors (Lipinski definition) is 15. The van der Waals surface area contributed by atoms with Gasteiger partial charge in [0.05, 0.1) is 34.2 Å². The van der Waals surface area contributed by atoms with Crippen LogP contribution in [0.2, 0.25) is 0 Å². The van der Waals surface area contributed by atoms with Crippen molar-refractivity contribution in [3.05, 3.63) is 131 Å². The van der Waals surface area contributed by atoms with Gasteiger partial charge in [0.1, 0.15) is 70.7 Å². The summed E-state index contributed by atoms with van der Waals surface area (Å²) in [4.78, 5) is 24.8. The number of benzene rings is 2. The Balaban J connectivity index is 0.000000289. The average Bonchev–Trinajstić information content (AvgIpc) is 3.26. The highest BCUT2D eigenvalue weighted by atomic mass is 16.7. The lowest BCUT2D eigenvalue weighted by Crippen LogP contribution is -2.59. The second-order valence-electron chi connectivity index (χ2n) is 16.5. The lowest BCUT2D eigenvalue weighted by atomic mass is 9.81. The first-order chi connectivity index (χ1) is 30.4. The number of ether oxygens (including phenoxy) is 5. The summed E-state index contributed by atoms with van der Waals surface area (Å²) in [5.41, 5.74) is 0.453. The molecule has 0 spiro atoms. The maximum absolute atomic E-state index is 12.7. The highest BCUT2D eigenvalue weighted by Crippen LogP contribution is 2.40. The van der Waals surface area contributed by atoms with Gasteiger partial charge in [0.15, 0.2) is 6.29 Å². The summed E-state index contributed by atoms with van der Waals surface area (Å²) in [6.07, 6.45) is -0.825. The molecule has 2 saturated heterocycles. The molecule has 2 aliphatic heterocycles. The molecule has 360 valence electrons. The first-order valence-corrected chi connectivity index (χ1v) is 20.8. The number of aliphatic hydroxyl groups is 5. The molecule has 0 amide bonds. The van der Waals surface area contributed by atoms with Crippen molar-refractivity contribution in [1.82, 2.24) is 0 Å². The number of aryl methyl sites for hydroxylation is 2. The lowest BCUT2D eigenvalue weighted by molar-refractivity contribution is -0.285. The summed E-state index contributed by atoms with van der Waals surface area (Å²) in [6.45, 7) is 36.5. The molecule has 6 rings (SSSR count). The van der Waals surface area contributed by atoms with Gasteiger partial charge in [0.25, 0.3) is 0 Å². The van der Waals surface area contributed by atoms with Crippen molar-refractivity contribution in [3.63, 3.8) is 0 Å². The molecule has 0 bridgehead atoms. The number of fused-ring (bicyclic) bond motifs is 2. The molecule has 0 saturated carbocycles. The summed E-state index contributed by atoms with van der Waals surface area (Å²) >= 11 is 0. The third kappa shape index (κ3) is 10.9. The van der Waals surface area contributed by atoms with Crippen molar-refractivity contribution in [2.45, 2.75) is 111 Å². The van der Waals surface area contributed by atoms with Crippen molar-refractivity contribution < 1.29 is 63.2 Å². The van der Waals surface area contributed by atoms with E-state index in [-0.39, 0.29) is 43.5 Å². The molecule has 0 radical (unpaired) electrons. The van der Waals surface area contributed by atoms with Crippen molar-refractivity contribution in [3.8, 4) is 23.0 Å². The zero-order valence-electron chi connectivity index (χ0n) is 38.3.